The van der Waals surface area contributed by atoms with Crippen LogP contribution in [0.4, 0.5) is 35.1 Å². The molecule has 0 unspecified atom stereocenters. The third kappa shape index (κ3) is 1.79. The summed E-state index contributed by atoms with van der Waals surface area (Å²) in [6.07, 6.45) is 0. The minimum Gasteiger partial charge on any atom is -0.205 e. The highest BCUT2D eigenvalue weighted by molar-refractivity contribution is 6.03. The number of benzene rings is 3. The molecular weight excluding hydrogens is 344 g/mol. The SMILES string of the molecule is Cc1c(F)c(F)c(F)c2c(F)c3c(C)c(F)c(F)c(F)c3c(F)c12. The minimum atomic E-state index is -2.06. The van der Waals surface area contributed by atoms with Crippen LogP contribution in [0, 0.1) is 60.4 Å². The zero-order valence-electron chi connectivity index (χ0n) is 12.0. The molecule has 0 spiro atoms. The molecule has 0 fully saturated rings. The van der Waals surface area contributed by atoms with E-state index in [4.69, 9.17) is 0 Å². The van der Waals surface area contributed by atoms with Crippen molar-refractivity contribution in [3.8, 4) is 0 Å². The lowest BCUT2D eigenvalue weighted by atomic mass is 9.94. The van der Waals surface area contributed by atoms with Gasteiger partial charge in [0.05, 0.1) is 10.8 Å². The van der Waals surface area contributed by atoms with Crippen molar-refractivity contribution in [2.45, 2.75) is 13.8 Å². The van der Waals surface area contributed by atoms with Gasteiger partial charge in [-0.1, -0.05) is 0 Å². The Bertz CT molecular complexity index is 888. The van der Waals surface area contributed by atoms with Crippen LogP contribution in [0.25, 0.3) is 21.5 Å². The van der Waals surface area contributed by atoms with Gasteiger partial charge in [-0.05, 0) is 25.0 Å². The molecule has 0 aliphatic carbocycles. The maximum absolute atomic E-state index is 14.6. The van der Waals surface area contributed by atoms with E-state index in [0.717, 1.165) is 13.8 Å². The van der Waals surface area contributed by atoms with E-state index in [9.17, 15) is 35.1 Å². The number of halogens is 8. The molecule has 0 heterocycles. The molecule has 0 N–H and O–H groups in total. The monoisotopic (exact) mass is 350 g/mol. The van der Waals surface area contributed by atoms with Gasteiger partial charge in [-0.2, -0.15) is 0 Å². The van der Waals surface area contributed by atoms with E-state index >= 15 is 0 Å². The number of hydrogen-bond donors (Lipinski definition) is 0. The van der Waals surface area contributed by atoms with Crippen LogP contribution < -0.4 is 0 Å². The number of aryl methyl sites for hydroxylation is 2. The van der Waals surface area contributed by atoms with Crippen LogP contribution >= 0.6 is 0 Å². The molecular formula is C16H6F8. The molecule has 24 heavy (non-hydrogen) atoms. The summed E-state index contributed by atoms with van der Waals surface area (Å²) in [5, 5.41) is -4.77. The van der Waals surface area contributed by atoms with E-state index in [0.29, 0.717) is 0 Å². The molecule has 0 atom stereocenters. The third-order valence-electron chi connectivity index (χ3n) is 4.00. The second-order valence-electron chi connectivity index (χ2n) is 5.26. The average Bonchev–Trinajstić information content (AvgIpc) is 2.55. The molecule has 0 aliphatic heterocycles. The number of rotatable bonds is 0. The molecule has 8 heteroatoms. The van der Waals surface area contributed by atoms with Crippen LogP contribution in [0.3, 0.4) is 0 Å². The minimum absolute atomic E-state index is 0.819. The van der Waals surface area contributed by atoms with Crippen molar-refractivity contribution in [2.24, 2.45) is 0 Å². The van der Waals surface area contributed by atoms with E-state index in [-0.39, 0.29) is 0 Å². The lowest BCUT2D eigenvalue weighted by molar-refractivity contribution is 0.444. The summed E-state index contributed by atoms with van der Waals surface area (Å²) >= 11 is 0. The molecule has 3 aromatic rings. The Balaban J connectivity index is 2.82. The zero-order chi connectivity index (χ0) is 18.1. The van der Waals surface area contributed by atoms with E-state index < -0.39 is 79.2 Å². The summed E-state index contributed by atoms with van der Waals surface area (Å²) in [5.41, 5.74) is -1.66. The van der Waals surface area contributed by atoms with Crippen LogP contribution in [0.15, 0.2) is 0 Å². The smallest absolute Gasteiger partial charge is 0.195 e. The van der Waals surface area contributed by atoms with Crippen molar-refractivity contribution in [3.05, 3.63) is 57.7 Å². The first-order valence-corrected chi connectivity index (χ1v) is 6.51. The molecule has 0 saturated heterocycles. The summed E-state index contributed by atoms with van der Waals surface area (Å²) in [4.78, 5) is 0. The maximum Gasteiger partial charge on any atom is 0.195 e. The Morgan fingerprint density at radius 2 is 0.625 bits per heavy atom. The third-order valence-corrected chi connectivity index (χ3v) is 4.00. The lowest BCUT2D eigenvalue weighted by Gasteiger charge is -2.15. The van der Waals surface area contributed by atoms with Crippen molar-refractivity contribution in [3.63, 3.8) is 0 Å². The Labute approximate surface area is 129 Å². The molecule has 0 saturated carbocycles. The van der Waals surface area contributed by atoms with E-state index in [1.54, 1.807) is 0 Å². The normalized spacial score (nSPS) is 11.8. The first-order valence-electron chi connectivity index (χ1n) is 6.51. The Morgan fingerprint density at radius 3 is 0.917 bits per heavy atom. The maximum atomic E-state index is 14.6. The van der Waals surface area contributed by atoms with Crippen LogP contribution in [-0.4, -0.2) is 0 Å². The predicted molar refractivity (Wildman–Crippen MR) is 70.6 cm³/mol. The fraction of sp³-hybridized carbons (Fsp3) is 0.125. The predicted octanol–water partition coefficient (Wildman–Crippen LogP) is 5.72. The molecule has 3 rings (SSSR count). The molecule has 0 bridgehead atoms. The van der Waals surface area contributed by atoms with Gasteiger partial charge in [0.2, 0.25) is 0 Å². The molecule has 126 valence electrons. The van der Waals surface area contributed by atoms with Gasteiger partial charge >= 0.3 is 0 Å². The molecule has 0 aliphatic rings. The van der Waals surface area contributed by atoms with Crippen LogP contribution in [0.2, 0.25) is 0 Å². The highest BCUT2D eigenvalue weighted by Gasteiger charge is 2.30. The second kappa shape index (κ2) is 5.06. The lowest BCUT2D eigenvalue weighted by Crippen LogP contribution is -2.06. The van der Waals surface area contributed by atoms with Crippen molar-refractivity contribution in [2.75, 3.05) is 0 Å². The van der Waals surface area contributed by atoms with Gasteiger partial charge in [0, 0.05) is 10.8 Å². The standard InChI is InChI=1S/C16H6F8/c1-3-5-7(13(21)15(23)9(3)17)12(20)6-4(2)10(18)16(24)14(22)8(6)11(5)19/h1-2H3. The van der Waals surface area contributed by atoms with Crippen molar-refractivity contribution >= 4 is 21.5 Å². The summed E-state index contributed by atoms with van der Waals surface area (Å²) in [6.45, 7) is 1.64. The van der Waals surface area contributed by atoms with E-state index in [2.05, 4.69) is 0 Å². The Hall–Kier alpha value is -2.38. The summed E-state index contributed by atoms with van der Waals surface area (Å²) < 4.78 is 111. The topological polar surface area (TPSA) is 0 Å². The fourth-order valence-electron chi connectivity index (χ4n) is 2.77. The van der Waals surface area contributed by atoms with Gasteiger partial charge < -0.3 is 0 Å². The summed E-state index contributed by atoms with van der Waals surface area (Å²) in [7, 11) is 0. The van der Waals surface area contributed by atoms with Crippen molar-refractivity contribution in [1.82, 2.24) is 0 Å². The van der Waals surface area contributed by atoms with E-state index in [1.807, 2.05) is 0 Å². The van der Waals surface area contributed by atoms with Crippen molar-refractivity contribution < 1.29 is 35.1 Å². The highest BCUT2D eigenvalue weighted by atomic mass is 19.2. The Morgan fingerprint density at radius 1 is 0.333 bits per heavy atom. The van der Waals surface area contributed by atoms with Gasteiger partial charge in [0.15, 0.2) is 34.9 Å². The fourth-order valence-corrected chi connectivity index (χ4v) is 2.77. The summed E-state index contributed by atoms with van der Waals surface area (Å²) in [5.74, 6) is -15.2. The van der Waals surface area contributed by atoms with Gasteiger partial charge in [0.1, 0.15) is 11.6 Å². The zero-order valence-corrected chi connectivity index (χ0v) is 12.0. The van der Waals surface area contributed by atoms with Gasteiger partial charge in [-0.25, -0.2) is 35.1 Å². The first kappa shape index (κ1) is 16.5. The largest absolute Gasteiger partial charge is 0.205 e. The highest BCUT2D eigenvalue weighted by Crippen LogP contribution is 2.40. The van der Waals surface area contributed by atoms with Crippen LogP contribution in [0.1, 0.15) is 11.1 Å². The quantitative estimate of drug-likeness (QED) is 0.276. The van der Waals surface area contributed by atoms with Crippen LogP contribution in [0.5, 0.6) is 0 Å². The molecule has 0 amide bonds. The van der Waals surface area contributed by atoms with E-state index in [1.165, 1.54) is 0 Å². The molecule has 0 radical (unpaired) electrons. The van der Waals surface area contributed by atoms with Gasteiger partial charge in [0.25, 0.3) is 0 Å². The van der Waals surface area contributed by atoms with Gasteiger partial charge in [-0.15, -0.1) is 0 Å². The second-order valence-corrected chi connectivity index (χ2v) is 5.26. The van der Waals surface area contributed by atoms with Gasteiger partial charge in [-0.3, -0.25) is 0 Å². The number of hydrogen-bond acceptors (Lipinski definition) is 0. The van der Waals surface area contributed by atoms with Crippen molar-refractivity contribution in [1.29, 1.82) is 0 Å². The molecule has 3 aromatic carbocycles. The summed E-state index contributed by atoms with van der Waals surface area (Å²) in [6, 6.07) is 0. The first-order chi connectivity index (χ1) is 11.1. The molecule has 0 aromatic heterocycles. The Kier molecular flexibility index (Phi) is 3.47. The average molecular weight is 350 g/mol. The number of fused-ring (bicyclic) bond motifs is 2. The van der Waals surface area contributed by atoms with Crippen LogP contribution in [-0.2, 0) is 0 Å². The molecule has 0 nitrogen and oxygen atoms in total.